The number of hydrogen-bond donors (Lipinski definition) is 2. The summed E-state index contributed by atoms with van der Waals surface area (Å²) in [5.74, 6) is 0.558. The van der Waals surface area contributed by atoms with Crippen LogP contribution in [0.2, 0.25) is 0 Å². The summed E-state index contributed by atoms with van der Waals surface area (Å²) in [6, 6.07) is 2.44. The molecule has 0 bridgehead atoms. The Bertz CT molecular complexity index is 441. The van der Waals surface area contributed by atoms with E-state index in [-0.39, 0.29) is 0 Å². The second kappa shape index (κ2) is 6.14. The molecule has 0 aliphatic carbocycles. The third-order valence-electron chi connectivity index (χ3n) is 3.16. The lowest BCUT2D eigenvalue weighted by Gasteiger charge is -2.24. The highest BCUT2D eigenvalue weighted by molar-refractivity contribution is 7.80. The topological polar surface area (TPSA) is 50.9 Å². The zero-order chi connectivity index (χ0) is 13.9. The van der Waals surface area contributed by atoms with Crippen molar-refractivity contribution < 1.29 is 0 Å². The van der Waals surface area contributed by atoms with E-state index < -0.39 is 0 Å². The van der Waals surface area contributed by atoms with Crippen molar-refractivity contribution in [1.82, 2.24) is 4.98 Å². The Hall–Kier alpha value is -1.16. The zero-order valence-electron chi connectivity index (χ0n) is 11.9. The van der Waals surface area contributed by atoms with Crippen LogP contribution in [0.15, 0.2) is 6.07 Å². The number of nitrogens with two attached hydrogens (primary N) is 1. The Morgan fingerprint density at radius 1 is 1.44 bits per heavy atom. The minimum absolute atomic E-state index is 0.404. The molecule has 1 atom stereocenters. The van der Waals surface area contributed by atoms with Crippen LogP contribution in [0.5, 0.6) is 0 Å². The highest BCUT2D eigenvalue weighted by atomic mass is 32.1. The summed E-state index contributed by atoms with van der Waals surface area (Å²) in [5, 5.41) is 3.55. The summed E-state index contributed by atoms with van der Waals surface area (Å²) in [5.41, 5.74) is 9.56. The Morgan fingerprint density at radius 3 is 2.50 bits per heavy atom. The predicted octanol–water partition coefficient (Wildman–Crippen LogP) is 3.18. The van der Waals surface area contributed by atoms with Gasteiger partial charge >= 0.3 is 0 Å². The second-order valence-corrected chi connectivity index (χ2v) is 5.48. The number of rotatable bonds is 5. The molecule has 1 aromatic heterocycles. The largest absolute Gasteiger partial charge is 0.389 e. The van der Waals surface area contributed by atoms with Crippen molar-refractivity contribution >= 4 is 22.9 Å². The van der Waals surface area contributed by atoms with Gasteiger partial charge in [-0.05, 0) is 32.3 Å². The van der Waals surface area contributed by atoms with E-state index in [0.717, 1.165) is 29.1 Å². The molecule has 1 aromatic rings. The Kier molecular flexibility index (Phi) is 5.08. The van der Waals surface area contributed by atoms with E-state index >= 15 is 0 Å². The first-order chi connectivity index (χ1) is 8.36. The fraction of sp³-hybridized carbons (Fsp3) is 0.571. The van der Waals surface area contributed by atoms with Gasteiger partial charge in [0.25, 0.3) is 0 Å². The van der Waals surface area contributed by atoms with Crippen molar-refractivity contribution in [3.05, 3.63) is 23.0 Å². The van der Waals surface area contributed by atoms with Gasteiger partial charge in [0.05, 0.1) is 5.56 Å². The predicted molar refractivity (Wildman–Crippen MR) is 82.1 cm³/mol. The number of nitrogens with one attached hydrogen (secondary N) is 1. The second-order valence-electron chi connectivity index (χ2n) is 5.04. The monoisotopic (exact) mass is 265 g/mol. The van der Waals surface area contributed by atoms with Gasteiger partial charge in [-0.25, -0.2) is 0 Å². The maximum Gasteiger partial charge on any atom is 0.107 e. The molecule has 0 fully saturated rings. The summed E-state index contributed by atoms with van der Waals surface area (Å²) in [6.07, 6.45) is 1.06. The fourth-order valence-electron chi connectivity index (χ4n) is 2.19. The van der Waals surface area contributed by atoms with Gasteiger partial charge in [-0.1, -0.05) is 33.0 Å². The molecule has 0 saturated carbocycles. The molecule has 3 nitrogen and oxygen atoms in total. The molecule has 0 radical (unpaired) electrons. The van der Waals surface area contributed by atoms with Gasteiger partial charge in [0.15, 0.2) is 0 Å². The molecule has 1 heterocycles. The van der Waals surface area contributed by atoms with Gasteiger partial charge in [0.2, 0.25) is 0 Å². The molecule has 100 valence electrons. The van der Waals surface area contributed by atoms with Crippen LogP contribution >= 0.6 is 12.2 Å². The third kappa shape index (κ3) is 3.42. The Labute approximate surface area is 115 Å². The summed E-state index contributed by atoms with van der Waals surface area (Å²) in [7, 11) is 0. The van der Waals surface area contributed by atoms with E-state index in [0.29, 0.717) is 16.9 Å². The number of aryl methyl sites for hydroxylation is 2. The Morgan fingerprint density at radius 2 is 2.06 bits per heavy atom. The van der Waals surface area contributed by atoms with Crippen LogP contribution in [0.4, 0.5) is 5.69 Å². The van der Waals surface area contributed by atoms with Gasteiger partial charge in [-0.3, -0.25) is 4.98 Å². The highest BCUT2D eigenvalue weighted by Crippen LogP contribution is 2.23. The summed E-state index contributed by atoms with van der Waals surface area (Å²) < 4.78 is 0. The summed E-state index contributed by atoms with van der Waals surface area (Å²) in [4.78, 5) is 4.83. The summed E-state index contributed by atoms with van der Waals surface area (Å²) >= 11 is 5.13. The first-order valence-electron chi connectivity index (χ1n) is 6.41. The third-order valence-corrected chi connectivity index (χ3v) is 3.36. The normalized spacial score (nSPS) is 12.6. The average molecular weight is 265 g/mol. The van der Waals surface area contributed by atoms with Crippen molar-refractivity contribution in [3.63, 3.8) is 0 Å². The van der Waals surface area contributed by atoms with Crippen molar-refractivity contribution in [3.8, 4) is 0 Å². The maximum atomic E-state index is 5.81. The zero-order valence-corrected chi connectivity index (χ0v) is 12.7. The molecule has 0 spiro atoms. The van der Waals surface area contributed by atoms with Crippen LogP contribution < -0.4 is 11.1 Å². The molecule has 4 heteroatoms. The van der Waals surface area contributed by atoms with Crippen molar-refractivity contribution in [2.75, 3.05) is 5.32 Å². The van der Waals surface area contributed by atoms with Crippen LogP contribution in [0.1, 0.15) is 44.1 Å². The standard InChI is InChI=1S/C14H23N3S/c1-6-11(8(2)3)17-12-7-9(4)16-10(5)13(12)14(15)18/h7-8,11H,6H2,1-5H3,(H2,15,18)(H,16,17). The van der Waals surface area contributed by atoms with E-state index in [1.165, 1.54) is 0 Å². The SMILES string of the molecule is CCC(Nc1cc(C)nc(C)c1C(N)=S)C(C)C. The van der Waals surface area contributed by atoms with Crippen LogP contribution in [0.25, 0.3) is 0 Å². The number of thiocarbonyl (C=S) groups is 1. The first-order valence-corrected chi connectivity index (χ1v) is 6.82. The molecular formula is C14H23N3S. The molecule has 1 rings (SSSR count). The number of nitrogens with zero attached hydrogens (tertiary/aromatic N) is 1. The van der Waals surface area contributed by atoms with Gasteiger partial charge in [-0.2, -0.15) is 0 Å². The van der Waals surface area contributed by atoms with Gasteiger partial charge in [0, 0.05) is 23.1 Å². The minimum atomic E-state index is 0.404. The molecule has 0 amide bonds. The highest BCUT2D eigenvalue weighted by Gasteiger charge is 2.16. The van der Waals surface area contributed by atoms with E-state index in [2.05, 4.69) is 31.1 Å². The smallest absolute Gasteiger partial charge is 0.107 e. The van der Waals surface area contributed by atoms with E-state index in [1.807, 2.05) is 19.9 Å². The lowest BCUT2D eigenvalue weighted by molar-refractivity contribution is 0.511. The molecule has 0 aromatic carbocycles. The summed E-state index contributed by atoms with van der Waals surface area (Å²) in [6.45, 7) is 10.5. The lowest BCUT2D eigenvalue weighted by Crippen LogP contribution is -2.27. The quantitative estimate of drug-likeness (QED) is 0.803. The maximum absolute atomic E-state index is 5.81. The van der Waals surface area contributed by atoms with Gasteiger partial charge in [0.1, 0.15) is 4.99 Å². The Balaban J connectivity index is 3.18. The van der Waals surface area contributed by atoms with Crippen LogP contribution in [0.3, 0.4) is 0 Å². The number of aromatic nitrogens is 1. The van der Waals surface area contributed by atoms with E-state index in [4.69, 9.17) is 18.0 Å². The molecule has 3 N–H and O–H groups in total. The van der Waals surface area contributed by atoms with Gasteiger partial charge in [-0.15, -0.1) is 0 Å². The average Bonchev–Trinajstić information content (AvgIpc) is 2.23. The molecule has 18 heavy (non-hydrogen) atoms. The van der Waals surface area contributed by atoms with Crippen molar-refractivity contribution in [2.45, 2.75) is 47.1 Å². The van der Waals surface area contributed by atoms with Gasteiger partial charge < -0.3 is 11.1 Å². The molecule has 0 aliphatic heterocycles. The lowest BCUT2D eigenvalue weighted by atomic mass is 10.0. The van der Waals surface area contributed by atoms with E-state index in [9.17, 15) is 0 Å². The molecular weight excluding hydrogens is 242 g/mol. The van der Waals surface area contributed by atoms with E-state index in [1.54, 1.807) is 0 Å². The fourth-order valence-corrected chi connectivity index (χ4v) is 2.45. The van der Waals surface area contributed by atoms with Crippen molar-refractivity contribution in [2.24, 2.45) is 11.7 Å². The number of hydrogen-bond acceptors (Lipinski definition) is 3. The van der Waals surface area contributed by atoms with Crippen LogP contribution in [0, 0.1) is 19.8 Å². The molecule has 0 aliphatic rings. The van der Waals surface area contributed by atoms with Crippen LogP contribution in [-0.4, -0.2) is 16.0 Å². The van der Waals surface area contributed by atoms with Crippen LogP contribution in [-0.2, 0) is 0 Å². The molecule has 1 unspecified atom stereocenters. The molecule has 0 saturated heterocycles. The first kappa shape index (κ1) is 14.9. The number of anilines is 1. The minimum Gasteiger partial charge on any atom is -0.389 e. The number of pyridine rings is 1. The van der Waals surface area contributed by atoms with Crippen molar-refractivity contribution in [1.29, 1.82) is 0 Å².